The lowest BCUT2D eigenvalue weighted by Gasteiger charge is -2.13. The zero-order valence-corrected chi connectivity index (χ0v) is 43.0. The van der Waals surface area contributed by atoms with E-state index in [0.29, 0.717) is 47.1 Å². The van der Waals surface area contributed by atoms with E-state index in [1.807, 2.05) is 24.5 Å². The van der Waals surface area contributed by atoms with E-state index in [-0.39, 0.29) is 0 Å². The highest BCUT2D eigenvalue weighted by Gasteiger charge is 2.18. The van der Waals surface area contributed by atoms with Gasteiger partial charge in [0.25, 0.3) is 0 Å². The summed E-state index contributed by atoms with van der Waals surface area (Å²) in [6.45, 7) is 9.52. The Morgan fingerprint density at radius 2 is 0.681 bits per heavy atom. The number of aryl methyl sites for hydroxylation is 2. The molecule has 0 saturated heterocycles. The molecule has 1 aromatic carbocycles. The van der Waals surface area contributed by atoms with Gasteiger partial charge in [-0.05, 0) is 145 Å². The summed E-state index contributed by atoms with van der Waals surface area (Å²) in [7, 11) is 0. The van der Waals surface area contributed by atoms with E-state index < -0.39 is 11.9 Å². The Labute approximate surface area is 427 Å². The van der Waals surface area contributed by atoms with Crippen molar-refractivity contribution in [3.8, 4) is 67.8 Å². The maximum absolute atomic E-state index is 13.2. The number of esters is 2. The van der Waals surface area contributed by atoms with Crippen molar-refractivity contribution in [1.82, 2.24) is 29.9 Å². The molecule has 6 heterocycles. The maximum Gasteiger partial charge on any atom is 0.338 e. The number of benzene rings is 1. The van der Waals surface area contributed by atoms with Crippen LogP contribution in [0.2, 0.25) is 0 Å². The summed E-state index contributed by atoms with van der Waals surface area (Å²) in [5, 5.41) is 0. The zero-order valence-electron chi connectivity index (χ0n) is 43.0. The van der Waals surface area contributed by atoms with Crippen LogP contribution in [0, 0.1) is 0 Å². The Kier molecular flexibility index (Phi) is 20.7. The number of rotatable bonds is 28. The lowest BCUT2D eigenvalue weighted by Crippen LogP contribution is -2.07. The van der Waals surface area contributed by atoms with Crippen LogP contribution in [0.4, 0.5) is 0 Å². The molecule has 0 radical (unpaired) electrons. The normalized spacial score (nSPS) is 11.2. The molecule has 72 heavy (non-hydrogen) atoms. The Morgan fingerprint density at radius 1 is 0.347 bits per heavy atom. The second kappa shape index (κ2) is 28.2. The average molecular weight is 965 g/mol. The van der Waals surface area contributed by atoms with E-state index in [4.69, 9.17) is 29.4 Å². The van der Waals surface area contributed by atoms with Crippen molar-refractivity contribution < 1.29 is 19.1 Å². The van der Waals surface area contributed by atoms with Crippen molar-refractivity contribution in [3.05, 3.63) is 144 Å². The van der Waals surface area contributed by atoms with E-state index in [0.717, 1.165) is 122 Å². The highest BCUT2D eigenvalue weighted by molar-refractivity contribution is 5.92. The fourth-order valence-electron chi connectivity index (χ4n) is 8.78. The van der Waals surface area contributed by atoms with Crippen molar-refractivity contribution in [2.75, 3.05) is 13.2 Å². The molecular formula is C62H72N6O4. The van der Waals surface area contributed by atoms with Gasteiger partial charge < -0.3 is 9.47 Å². The van der Waals surface area contributed by atoms with E-state index in [2.05, 4.69) is 98.3 Å². The third-order valence-corrected chi connectivity index (χ3v) is 13.0. The number of unbranched alkanes of at least 4 members (excludes halogenated alkanes) is 12. The molecule has 374 valence electrons. The predicted octanol–water partition coefficient (Wildman–Crippen LogP) is 15.8. The standard InChI is InChI=1S/C62H72N6O4/c1-5-9-13-17-21-45-27-31-63-53(37-45)57-41-51(42-58(67-57)54-38-46(28-32-64-54)22-18-14-10-6-2)47-23-25-48(26-24-47)52-43-59(55-39-49(29-33-65-55)61(69)71-35-19-15-11-7-3)68-60(44-52)56-40-50(30-34-66-56)62(70)72-36-20-16-12-8-4/h23-34,37-44H,5-22,35-36H2,1-4H3. The van der Waals surface area contributed by atoms with Gasteiger partial charge in [-0.25, -0.2) is 19.6 Å². The van der Waals surface area contributed by atoms with Crippen LogP contribution in [0.1, 0.15) is 162 Å². The quantitative estimate of drug-likeness (QED) is 0.0345. The van der Waals surface area contributed by atoms with Gasteiger partial charge in [-0.15, -0.1) is 0 Å². The zero-order chi connectivity index (χ0) is 50.3. The fraction of sp³-hybridized carbons (Fsp3) is 0.387. The summed E-state index contributed by atoms with van der Waals surface area (Å²) < 4.78 is 11.3. The van der Waals surface area contributed by atoms with Gasteiger partial charge in [0.1, 0.15) is 0 Å². The number of ether oxygens (including phenoxy) is 2. The monoisotopic (exact) mass is 965 g/mol. The topological polar surface area (TPSA) is 130 Å². The molecule has 7 aromatic rings. The number of aromatic nitrogens is 6. The van der Waals surface area contributed by atoms with Crippen LogP contribution < -0.4 is 0 Å². The Hall–Kier alpha value is -6.94. The van der Waals surface area contributed by atoms with Crippen LogP contribution in [-0.2, 0) is 22.3 Å². The molecule has 0 unspecified atom stereocenters. The van der Waals surface area contributed by atoms with Crippen LogP contribution in [-0.4, -0.2) is 55.1 Å². The Morgan fingerprint density at radius 3 is 1.04 bits per heavy atom. The van der Waals surface area contributed by atoms with Gasteiger partial charge in [0.2, 0.25) is 0 Å². The minimum absolute atomic E-state index is 0.363. The summed E-state index contributed by atoms with van der Waals surface area (Å²) in [4.78, 5) is 55.8. The van der Waals surface area contributed by atoms with E-state index >= 15 is 0 Å². The number of carbonyl (C=O) groups is 2. The van der Waals surface area contributed by atoms with Crippen LogP contribution in [0.5, 0.6) is 0 Å². The van der Waals surface area contributed by atoms with E-state index in [1.54, 1.807) is 36.7 Å². The maximum atomic E-state index is 13.2. The molecule has 0 saturated carbocycles. The molecule has 0 atom stereocenters. The van der Waals surface area contributed by atoms with Gasteiger partial charge in [0.05, 0.1) is 69.9 Å². The first kappa shape index (κ1) is 52.9. The molecule has 0 N–H and O–H groups in total. The van der Waals surface area contributed by atoms with Crippen molar-refractivity contribution >= 4 is 11.9 Å². The molecule has 10 nitrogen and oxygen atoms in total. The first-order valence-corrected chi connectivity index (χ1v) is 26.7. The Balaban J connectivity index is 1.25. The summed E-state index contributed by atoms with van der Waals surface area (Å²) in [5.41, 5.74) is 12.5. The second-order valence-corrected chi connectivity index (χ2v) is 18.8. The summed E-state index contributed by atoms with van der Waals surface area (Å²) in [6.07, 6.45) is 26.7. The molecule has 0 amide bonds. The van der Waals surface area contributed by atoms with Crippen LogP contribution in [0.15, 0.2) is 122 Å². The van der Waals surface area contributed by atoms with Crippen molar-refractivity contribution in [3.63, 3.8) is 0 Å². The van der Waals surface area contributed by atoms with Crippen LogP contribution >= 0.6 is 0 Å². The molecule has 6 aromatic heterocycles. The third-order valence-electron chi connectivity index (χ3n) is 13.0. The molecule has 0 aliphatic rings. The van der Waals surface area contributed by atoms with Gasteiger partial charge in [-0.2, -0.15) is 0 Å². The van der Waals surface area contributed by atoms with Crippen molar-refractivity contribution in [2.24, 2.45) is 0 Å². The lowest BCUT2D eigenvalue weighted by atomic mass is 9.97. The summed E-state index contributed by atoms with van der Waals surface area (Å²) in [6, 6.07) is 32.0. The largest absolute Gasteiger partial charge is 0.462 e. The number of hydrogen-bond acceptors (Lipinski definition) is 10. The Bertz CT molecular complexity index is 2670. The number of pyridine rings is 6. The average Bonchev–Trinajstić information content (AvgIpc) is 3.43. The fourth-order valence-corrected chi connectivity index (χ4v) is 8.78. The molecule has 0 bridgehead atoms. The molecule has 0 aliphatic carbocycles. The SMILES string of the molecule is CCCCCCOC(=O)c1ccnc(-c2cc(-c3ccc(-c4cc(-c5cc(CCCCCC)ccn5)nc(-c5cc(CCCCCC)ccn5)c4)cc3)cc(-c3cc(C(=O)OCCCCCC)ccn3)n2)c1. The minimum Gasteiger partial charge on any atom is -0.462 e. The highest BCUT2D eigenvalue weighted by Crippen LogP contribution is 2.34. The van der Waals surface area contributed by atoms with Gasteiger partial charge in [0.15, 0.2) is 0 Å². The van der Waals surface area contributed by atoms with Crippen molar-refractivity contribution in [2.45, 2.75) is 143 Å². The van der Waals surface area contributed by atoms with Crippen LogP contribution in [0.3, 0.4) is 0 Å². The van der Waals surface area contributed by atoms with Gasteiger partial charge in [0, 0.05) is 24.8 Å². The predicted molar refractivity (Wildman–Crippen MR) is 290 cm³/mol. The van der Waals surface area contributed by atoms with Crippen LogP contribution in [0.25, 0.3) is 67.8 Å². The molecular weight excluding hydrogens is 893 g/mol. The first-order valence-electron chi connectivity index (χ1n) is 26.7. The van der Waals surface area contributed by atoms with Gasteiger partial charge >= 0.3 is 11.9 Å². The number of nitrogens with zero attached hydrogens (tertiary/aromatic N) is 6. The van der Waals surface area contributed by atoms with E-state index in [9.17, 15) is 9.59 Å². The van der Waals surface area contributed by atoms with Crippen molar-refractivity contribution in [1.29, 1.82) is 0 Å². The summed E-state index contributed by atoms with van der Waals surface area (Å²) in [5.74, 6) is -0.798. The molecule has 10 heteroatoms. The lowest BCUT2D eigenvalue weighted by molar-refractivity contribution is 0.0488. The highest BCUT2D eigenvalue weighted by atomic mass is 16.5. The van der Waals surface area contributed by atoms with Gasteiger partial charge in [-0.3, -0.25) is 19.9 Å². The smallest absolute Gasteiger partial charge is 0.338 e. The molecule has 0 spiro atoms. The molecule has 0 fully saturated rings. The molecule has 7 rings (SSSR count). The number of carbonyl (C=O) groups excluding carboxylic acids is 2. The first-order chi connectivity index (χ1) is 35.3. The minimum atomic E-state index is -0.399. The number of hydrogen-bond donors (Lipinski definition) is 0. The summed E-state index contributed by atoms with van der Waals surface area (Å²) >= 11 is 0. The van der Waals surface area contributed by atoms with E-state index in [1.165, 1.54) is 49.7 Å². The molecule has 0 aliphatic heterocycles. The third kappa shape index (κ3) is 15.5. The van der Waals surface area contributed by atoms with Gasteiger partial charge in [-0.1, -0.05) is 129 Å². The second-order valence-electron chi connectivity index (χ2n) is 18.8.